The number of nitrogens with zero attached hydrogens (tertiary/aromatic N) is 1. The lowest BCUT2D eigenvalue weighted by Crippen LogP contribution is -2.36. The topological polar surface area (TPSA) is 66.8 Å². The molecule has 0 spiro atoms. The first kappa shape index (κ1) is 19.4. The molecule has 5 nitrogen and oxygen atoms in total. The number of rotatable bonds is 6. The maximum Gasteiger partial charge on any atom is 0.307 e. The molecule has 2 aromatic carbocycles. The van der Waals surface area contributed by atoms with Crippen molar-refractivity contribution in [2.75, 3.05) is 13.7 Å². The Hall–Kier alpha value is -2.89. The van der Waals surface area contributed by atoms with Crippen molar-refractivity contribution in [2.24, 2.45) is 5.92 Å². The van der Waals surface area contributed by atoms with Crippen molar-refractivity contribution in [1.82, 2.24) is 4.90 Å². The monoisotopic (exact) mass is 397 g/mol. The van der Waals surface area contributed by atoms with E-state index in [1.165, 1.54) is 6.07 Å². The molecule has 1 heterocycles. The molecule has 2 aliphatic rings. The van der Waals surface area contributed by atoms with Crippen LogP contribution in [0.1, 0.15) is 36.0 Å². The van der Waals surface area contributed by atoms with Crippen LogP contribution >= 0.6 is 0 Å². The van der Waals surface area contributed by atoms with E-state index < -0.39 is 5.97 Å². The minimum Gasteiger partial charge on any atom is -0.496 e. The molecule has 1 N–H and O–H groups in total. The number of amides is 1. The minimum atomic E-state index is -0.918. The Morgan fingerprint density at radius 1 is 1.17 bits per heavy atom. The Balaban J connectivity index is 1.74. The molecule has 0 atom stereocenters. The van der Waals surface area contributed by atoms with Crippen LogP contribution in [0.4, 0.5) is 4.39 Å². The zero-order chi connectivity index (χ0) is 20.5. The number of hydrogen-bond donors (Lipinski definition) is 1. The van der Waals surface area contributed by atoms with Gasteiger partial charge in [-0.25, -0.2) is 4.39 Å². The van der Waals surface area contributed by atoms with Gasteiger partial charge in [-0.3, -0.25) is 9.59 Å². The van der Waals surface area contributed by atoms with Crippen molar-refractivity contribution < 1.29 is 23.8 Å². The van der Waals surface area contributed by atoms with Crippen LogP contribution < -0.4 is 4.74 Å². The third-order valence-electron chi connectivity index (χ3n) is 5.78. The summed E-state index contributed by atoms with van der Waals surface area (Å²) in [7, 11) is 1.55. The van der Waals surface area contributed by atoms with Crippen molar-refractivity contribution in [3.05, 3.63) is 52.8 Å². The number of ether oxygens (including phenoxy) is 1. The van der Waals surface area contributed by atoms with Gasteiger partial charge in [0.25, 0.3) is 0 Å². The number of hydrogen-bond acceptors (Lipinski definition) is 3. The second kappa shape index (κ2) is 7.85. The van der Waals surface area contributed by atoms with Crippen LogP contribution in [0, 0.1) is 11.7 Å². The predicted octanol–water partition coefficient (Wildman–Crippen LogP) is 3.81. The van der Waals surface area contributed by atoms with E-state index in [1.54, 1.807) is 31.4 Å². The standard InChI is InChI=1S/C23H24FNO4/c1-29-21-7-4-15(12-23(27)28)10-18(21)16-5-6-20(24)17-8-9-25(13-19(16)17)22(26)11-14-2-3-14/h4-7,10,14H,2-3,8-9,11-13H2,1H3,(H,27,28). The second-order valence-electron chi connectivity index (χ2n) is 7.87. The number of fused-ring (bicyclic) bond motifs is 1. The summed E-state index contributed by atoms with van der Waals surface area (Å²) in [4.78, 5) is 25.6. The number of carbonyl (C=O) groups is 2. The fourth-order valence-electron chi connectivity index (χ4n) is 4.05. The molecular formula is C23H24FNO4. The molecule has 4 rings (SSSR count). The maximum atomic E-state index is 14.5. The van der Waals surface area contributed by atoms with Crippen molar-refractivity contribution >= 4 is 11.9 Å². The highest BCUT2D eigenvalue weighted by molar-refractivity contribution is 5.80. The summed E-state index contributed by atoms with van der Waals surface area (Å²) < 4.78 is 20.0. The smallest absolute Gasteiger partial charge is 0.307 e. The van der Waals surface area contributed by atoms with Crippen LogP contribution in [0.25, 0.3) is 11.1 Å². The number of carboxylic acid groups (broad SMARTS) is 1. The summed E-state index contributed by atoms with van der Waals surface area (Å²) in [5.74, 6) is 0.0378. The Morgan fingerprint density at radius 3 is 2.66 bits per heavy atom. The first-order valence-electron chi connectivity index (χ1n) is 9.93. The number of methoxy groups -OCH3 is 1. The molecule has 0 bridgehead atoms. The molecule has 0 saturated heterocycles. The average molecular weight is 397 g/mol. The van der Waals surface area contributed by atoms with Crippen LogP contribution in [-0.2, 0) is 29.0 Å². The SMILES string of the molecule is COc1ccc(CC(=O)O)cc1-c1ccc(F)c2c1CN(C(=O)CC1CC1)CC2. The molecule has 29 heavy (non-hydrogen) atoms. The molecule has 1 fully saturated rings. The molecule has 1 aliphatic carbocycles. The third kappa shape index (κ3) is 4.11. The van der Waals surface area contributed by atoms with Crippen LogP contribution in [0.15, 0.2) is 30.3 Å². The summed E-state index contributed by atoms with van der Waals surface area (Å²) in [6.07, 6.45) is 3.17. The van der Waals surface area contributed by atoms with E-state index in [-0.39, 0.29) is 18.1 Å². The quantitative estimate of drug-likeness (QED) is 0.805. The molecule has 0 unspecified atom stereocenters. The minimum absolute atomic E-state index is 0.105. The fourth-order valence-corrected chi connectivity index (χ4v) is 4.05. The molecule has 1 amide bonds. The highest BCUT2D eigenvalue weighted by Crippen LogP contribution is 2.39. The molecule has 1 aliphatic heterocycles. The highest BCUT2D eigenvalue weighted by atomic mass is 19.1. The van der Waals surface area contributed by atoms with Crippen LogP contribution in [0.5, 0.6) is 5.75 Å². The molecule has 0 aromatic heterocycles. The van der Waals surface area contributed by atoms with Gasteiger partial charge in [0.2, 0.25) is 5.91 Å². The first-order valence-corrected chi connectivity index (χ1v) is 9.93. The number of aliphatic carboxylic acids is 1. The maximum absolute atomic E-state index is 14.5. The van der Waals surface area contributed by atoms with Crippen molar-refractivity contribution in [2.45, 2.75) is 38.6 Å². The van der Waals surface area contributed by atoms with Crippen LogP contribution in [0.2, 0.25) is 0 Å². The third-order valence-corrected chi connectivity index (χ3v) is 5.78. The molecule has 6 heteroatoms. The van der Waals surface area contributed by atoms with Gasteiger partial charge in [0.15, 0.2) is 0 Å². The Kier molecular flexibility index (Phi) is 5.26. The largest absolute Gasteiger partial charge is 0.496 e. The van der Waals surface area contributed by atoms with Gasteiger partial charge in [-0.05, 0) is 65.6 Å². The lowest BCUT2D eigenvalue weighted by molar-refractivity contribution is -0.136. The first-order chi connectivity index (χ1) is 14.0. The molecular weight excluding hydrogens is 373 g/mol. The predicted molar refractivity (Wildman–Crippen MR) is 106 cm³/mol. The van der Waals surface area contributed by atoms with Crippen molar-refractivity contribution in [3.8, 4) is 16.9 Å². The summed E-state index contributed by atoms with van der Waals surface area (Å²) in [6, 6.07) is 8.39. The zero-order valence-electron chi connectivity index (χ0n) is 16.4. The summed E-state index contributed by atoms with van der Waals surface area (Å²) in [6.45, 7) is 0.884. The highest BCUT2D eigenvalue weighted by Gasteiger charge is 2.30. The average Bonchev–Trinajstić information content (AvgIpc) is 3.51. The number of benzene rings is 2. The van der Waals surface area contributed by atoms with Gasteiger partial charge in [-0.15, -0.1) is 0 Å². The summed E-state index contributed by atoms with van der Waals surface area (Å²) in [5, 5.41) is 9.13. The summed E-state index contributed by atoms with van der Waals surface area (Å²) >= 11 is 0. The van der Waals surface area contributed by atoms with E-state index >= 15 is 0 Å². The molecule has 1 saturated carbocycles. The van der Waals surface area contributed by atoms with Gasteiger partial charge >= 0.3 is 5.97 Å². The van der Waals surface area contributed by atoms with Crippen molar-refractivity contribution in [1.29, 1.82) is 0 Å². The Bertz CT molecular complexity index is 968. The Morgan fingerprint density at radius 2 is 1.97 bits per heavy atom. The molecule has 0 radical (unpaired) electrons. The van der Waals surface area contributed by atoms with E-state index in [2.05, 4.69) is 0 Å². The van der Waals surface area contributed by atoms with Crippen LogP contribution in [-0.4, -0.2) is 35.5 Å². The number of halogens is 1. The van der Waals surface area contributed by atoms with Gasteiger partial charge in [-0.2, -0.15) is 0 Å². The molecule has 152 valence electrons. The van der Waals surface area contributed by atoms with E-state index in [9.17, 15) is 14.0 Å². The number of carboxylic acids is 1. The molecule has 2 aromatic rings. The van der Waals surface area contributed by atoms with E-state index in [1.807, 2.05) is 4.90 Å². The lowest BCUT2D eigenvalue weighted by atomic mass is 9.89. The normalized spacial score (nSPS) is 15.7. The van der Waals surface area contributed by atoms with Crippen molar-refractivity contribution in [3.63, 3.8) is 0 Å². The zero-order valence-corrected chi connectivity index (χ0v) is 16.4. The van der Waals surface area contributed by atoms with E-state index in [4.69, 9.17) is 9.84 Å². The van der Waals surface area contributed by atoms with Crippen LogP contribution in [0.3, 0.4) is 0 Å². The van der Waals surface area contributed by atoms with Gasteiger partial charge in [0.05, 0.1) is 13.5 Å². The van der Waals surface area contributed by atoms with Gasteiger partial charge < -0.3 is 14.7 Å². The van der Waals surface area contributed by atoms with Gasteiger partial charge in [-0.1, -0.05) is 12.1 Å². The van der Waals surface area contributed by atoms with E-state index in [0.29, 0.717) is 48.7 Å². The summed E-state index contributed by atoms with van der Waals surface area (Å²) in [5.41, 5.74) is 3.56. The lowest BCUT2D eigenvalue weighted by Gasteiger charge is -2.31. The van der Waals surface area contributed by atoms with Gasteiger partial charge in [0.1, 0.15) is 11.6 Å². The fraction of sp³-hybridized carbons (Fsp3) is 0.391. The Labute approximate surface area is 169 Å². The van der Waals surface area contributed by atoms with Gasteiger partial charge in [0, 0.05) is 25.1 Å². The second-order valence-corrected chi connectivity index (χ2v) is 7.87. The number of carbonyl (C=O) groups excluding carboxylic acids is 1. The van der Waals surface area contributed by atoms with E-state index in [0.717, 1.165) is 29.5 Å².